The highest BCUT2D eigenvalue weighted by molar-refractivity contribution is 5.90. The average molecular weight is 280 g/mol. The Morgan fingerprint density at radius 3 is 2.40 bits per heavy atom. The van der Waals surface area contributed by atoms with Crippen LogP contribution in [0.5, 0.6) is 0 Å². The number of benzene rings is 1. The van der Waals surface area contributed by atoms with E-state index in [1.54, 1.807) is 0 Å². The summed E-state index contributed by atoms with van der Waals surface area (Å²) in [6.07, 6.45) is 8.17. The molecule has 5 heteroatoms. The minimum atomic E-state index is -1.30. The molecule has 0 radical (unpaired) electrons. The van der Waals surface area contributed by atoms with Gasteiger partial charge < -0.3 is 16.2 Å². The van der Waals surface area contributed by atoms with Gasteiger partial charge in [0.2, 0.25) is 0 Å². The molecule has 0 aromatic heterocycles. The summed E-state index contributed by atoms with van der Waals surface area (Å²) in [5.74, 6) is -2.05. The lowest BCUT2D eigenvalue weighted by Crippen LogP contribution is -2.21. The molecule has 1 aromatic rings. The predicted molar refractivity (Wildman–Crippen MR) is 77.5 cm³/mol. The number of rotatable bonds is 3. The fourth-order valence-electron chi connectivity index (χ4n) is 2.70. The molecule has 20 heavy (non-hydrogen) atoms. The minimum Gasteiger partial charge on any atom is -0.478 e. The summed E-state index contributed by atoms with van der Waals surface area (Å²) in [4.78, 5) is 10.8. The number of anilines is 2. The van der Waals surface area contributed by atoms with Crippen molar-refractivity contribution < 1.29 is 14.3 Å². The molecule has 0 amide bonds. The molecule has 1 fully saturated rings. The van der Waals surface area contributed by atoms with Crippen molar-refractivity contribution in [1.82, 2.24) is 0 Å². The monoisotopic (exact) mass is 280 g/mol. The first kappa shape index (κ1) is 14.6. The van der Waals surface area contributed by atoms with Crippen LogP contribution in [0.25, 0.3) is 0 Å². The molecule has 0 heterocycles. The third kappa shape index (κ3) is 3.62. The maximum absolute atomic E-state index is 13.7. The van der Waals surface area contributed by atoms with E-state index in [1.165, 1.54) is 31.4 Å². The van der Waals surface area contributed by atoms with E-state index in [0.717, 1.165) is 25.7 Å². The van der Waals surface area contributed by atoms with Gasteiger partial charge in [-0.05, 0) is 25.0 Å². The highest BCUT2D eigenvalue weighted by Crippen LogP contribution is 2.27. The molecule has 1 aliphatic rings. The first-order chi connectivity index (χ1) is 9.58. The third-order valence-corrected chi connectivity index (χ3v) is 3.83. The van der Waals surface area contributed by atoms with Crippen molar-refractivity contribution in [3.63, 3.8) is 0 Å². The molecule has 1 saturated carbocycles. The molecule has 0 aliphatic heterocycles. The highest BCUT2D eigenvalue weighted by atomic mass is 19.1. The number of nitrogen functional groups attached to an aromatic ring is 1. The number of nitrogens with two attached hydrogens (primary N) is 1. The minimum absolute atomic E-state index is 0.283. The lowest BCUT2D eigenvalue weighted by molar-refractivity contribution is 0.0692. The molecule has 0 atom stereocenters. The fourth-order valence-corrected chi connectivity index (χ4v) is 2.70. The van der Waals surface area contributed by atoms with Crippen molar-refractivity contribution in [3.8, 4) is 0 Å². The standard InChI is InChI=1S/C15H21FN2O2/c16-12-9-14(13(17)8-11(12)15(19)20)18-10-6-4-2-1-3-5-7-10/h8-10,18H,1-7,17H2,(H,19,20). The number of carboxylic acids is 1. The van der Waals surface area contributed by atoms with Crippen molar-refractivity contribution in [2.24, 2.45) is 0 Å². The molecular weight excluding hydrogens is 259 g/mol. The first-order valence-electron chi connectivity index (χ1n) is 7.17. The van der Waals surface area contributed by atoms with E-state index in [4.69, 9.17) is 10.8 Å². The summed E-state index contributed by atoms with van der Waals surface area (Å²) in [5, 5.41) is 12.1. The summed E-state index contributed by atoms with van der Waals surface area (Å²) < 4.78 is 13.7. The summed E-state index contributed by atoms with van der Waals surface area (Å²) in [6.45, 7) is 0. The number of carboxylic acid groups (broad SMARTS) is 1. The molecule has 0 saturated heterocycles. The van der Waals surface area contributed by atoms with Crippen molar-refractivity contribution in [2.75, 3.05) is 11.1 Å². The smallest absolute Gasteiger partial charge is 0.338 e. The van der Waals surface area contributed by atoms with Gasteiger partial charge in [0.25, 0.3) is 0 Å². The summed E-state index contributed by atoms with van der Waals surface area (Å²) in [5.41, 5.74) is 6.22. The number of aromatic carboxylic acids is 1. The lowest BCUT2D eigenvalue weighted by Gasteiger charge is -2.23. The molecule has 1 aromatic carbocycles. The molecule has 4 N–H and O–H groups in total. The second-order valence-corrected chi connectivity index (χ2v) is 5.41. The topological polar surface area (TPSA) is 75.4 Å². The number of hydrogen-bond donors (Lipinski definition) is 3. The second kappa shape index (κ2) is 6.59. The van der Waals surface area contributed by atoms with E-state index in [9.17, 15) is 9.18 Å². The molecule has 0 bridgehead atoms. The molecule has 0 spiro atoms. The first-order valence-corrected chi connectivity index (χ1v) is 7.17. The zero-order valence-corrected chi connectivity index (χ0v) is 11.5. The van der Waals surface area contributed by atoms with Crippen LogP contribution in [0.2, 0.25) is 0 Å². The van der Waals surface area contributed by atoms with Gasteiger partial charge in [0, 0.05) is 6.04 Å². The van der Waals surface area contributed by atoms with Crippen LogP contribution < -0.4 is 11.1 Å². The molecule has 4 nitrogen and oxygen atoms in total. The quantitative estimate of drug-likeness (QED) is 0.739. The largest absolute Gasteiger partial charge is 0.478 e. The molecule has 0 unspecified atom stereocenters. The second-order valence-electron chi connectivity index (χ2n) is 5.41. The van der Waals surface area contributed by atoms with E-state index in [-0.39, 0.29) is 17.3 Å². The van der Waals surface area contributed by atoms with Gasteiger partial charge in [0.15, 0.2) is 0 Å². The van der Waals surface area contributed by atoms with Crippen molar-refractivity contribution in [1.29, 1.82) is 0 Å². The fraction of sp³-hybridized carbons (Fsp3) is 0.533. The number of carbonyl (C=O) groups is 1. The Morgan fingerprint density at radius 1 is 1.20 bits per heavy atom. The van der Waals surface area contributed by atoms with Gasteiger partial charge >= 0.3 is 5.97 Å². The van der Waals surface area contributed by atoms with Gasteiger partial charge in [-0.1, -0.05) is 32.1 Å². The summed E-state index contributed by atoms with van der Waals surface area (Å²) in [7, 11) is 0. The zero-order chi connectivity index (χ0) is 14.5. The normalized spacial score (nSPS) is 17.2. The van der Waals surface area contributed by atoms with Gasteiger partial charge in [0.1, 0.15) is 5.82 Å². The average Bonchev–Trinajstić information content (AvgIpc) is 2.35. The highest BCUT2D eigenvalue weighted by Gasteiger charge is 2.16. The number of nitrogens with one attached hydrogen (secondary N) is 1. The van der Waals surface area contributed by atoms with E-state index in [0.29, 0.717) is 5.69 Å². The van der Waals surface area contributed by atoms with E-state index in [2.05, 4.69) is 5.32 Å². The lowest BCUT2D eigenvalue weighted by atomic mass is 9.96. The Kier molecular flexibility index (Phi) is 4.82. The van der Waals surface area contributed by atoms with E-state index >= 15 is 0 Å². The van der Waals surface area contributed by atoms with Crippen LogP contribution in [0.15, 0.2) is 12.1 Å². The molecule has 1 aliphatic carbocycles. The Labute approximate surface area is 118 Å². The Morgan fingerprint density at radius 2 is 1.80 bits per heavy atom. The van der Waals surface area contributed by atoms with Gasteiger partial charge in [0.05, 0.1) is 16.9 Å². The van der Waals surface area contributed by atoms with Crippen molar-refractivity contribution >= 4 is 17.3 Å². The molecule has 110 valence electrons. The Hall–Kier alpha value is -1.78. The van der Waals surface area contributed by atoms with Crippen LogP contribution in [0.3, 0.4) is 0 Å². The Balaban J connectivity index is 2.12. The van der Waals surface area contributed by atoms with Crippen LogP contribution in [0.4, 0.5) is 15.8 Å². The van der Waals surface area contributed by atoms with Crippen LogP contribution in [0.1, 0.15) is 55.3 Å². The Bertz CT molecular complexity index is 483. The van der Waals surface area contributed by atoms with Crippen LogP contribution in [-0.2, 0) is 0 Å². The van der Waals surface area contributed by atoms with Crippen LogP contribution in [0, 0.1) is 5.82 Å². The van der Waals surface area contributed by atoms with Gasteiger partial charge in [-0.3, -0.25) is 0 Å². The van der Waals surface area contributed by atoms with Gasteiger partial charge in [-0.25, -0.2) is 9.18 Å². The van der Waals surface area contributed by atoms with E-state index in [1.807, 2.05) is 0 Å². The predicted octanol–water partition coefficient (Wildman–Crippen LogP) is 3.63. The maximum atomic E-state index is 13.7. The van der Waals surface area contributed by atoms with E-state index < -0.39 is 11.8 Å². The van der Waals surface area contributed by atoms with Crippen LogP contribution >= 0.6 is 0 Å². The number of hydrogen-bond acceptors (Lipinski definition) is 3. The van der Waals surface area contributed by atoms with Crippen molar-refractivity contribution in [3.05, 3.63) is 23.5 Å². The third-order valence-electron chi connectivity index (χ3n) is 3.83. The molecule has 2 rings (SSSR count). The zero-order valence-electron chi connectivity index (χ0n) is 11.5. The summed E-state index contributed by atoms with van der Waals surface area (Å²) >= 11 is 0. The number of halogens is 1. The van der Waals surface area contributed by atoms with Crippen molar-refractivity contribution in [2.45, 2.75) is 51.0 Å². The molecular formula is C15H21FN2O2. The SMILES string of the molecule is Nc1cc(C(=O)O)c(F)cc1NC1CCCCCCC1. The van der Waals surface area contributed by atoms with Gasteiger partial charge in [-0.2, -0.15) is 0 Å². The summed E-state index contributed by atoms with van der Waals surface area (Å²) in [6, 6.07) is 2.66. The maximum Gasteiger partial charge on any atom is 0.338 e. The van der Waals surface area contributed by atoms with Gasteiger partial charge in [-0.15, -0.1) is 0 Å². The van der Waals surface area contributed by atoms with Crippen LogP contribution in [-0.4, -0.2) is 17.1 Å².